The van der Waals surface area contributed by atoms with E-state index in [0.717, 1.165) is 22.6 Å². The number of hydrogen-bond acceptors (Lipinski definition) is 4. The molecule has 0 N–H and O–H groups in total. The van der Waals surface area contributed by atoms with E-state index in [0.29, 0.717) is 11.0 Å². The van der Waals surface area contributed by atoms with Crippen LogP contribution in [0.25, 0.3) is 22.6 Å². The largest absolute Gasteiger partial charge is 0.431 e. The molecule has 0 saturated carbocycles. The number of nitrogens with zero attached hydrogens (tertiary/aromatic N) is 1. The molecule has 0 aliphatic heterocycles. The van der Waals surface area contributed by atoms with Crippen LogP contribution in [0, 0.1) is 0 Å². The molecule has 3 nitrogen and oxygen atoms in total. The van der Waals surface area contributed by atoms with Gasteiger partial charge in [0.05, 0.1) is 5.75 Å². The van der Waals surface area contributed by atoms with Crippen LogP contribution in [0.3, 0.4) is 0 Å². The van der Waals surface area contributed by atoms with Gasteiger partial charge < -0.3 is 4.42 Å². The molecule has 0 spiro atoms. The van der Waals surface area contributed by atoms with Crippen LogP contribution >= 0.6 is 11.8 Å². The maximum Gasteiger partial charge on any atom is 0.257 e. The molecule has 0 unspecified atom stereocenters. The van der Waals surface area contributed by atoms with Crippen molar-refractivity contribution in [2.75, 3.05) is 5.75 Å². The second kappa shape index (κ2) is 11.4. The maximum atomic E-state index is 11.2. The first-order chi connectivity index (χ1) is 13.2. The molecule has 2 aromatic carbocycles. The minimum absolute atomic E-state index is 0.103. The van der Waals surface area contributed by atoms with E-state index in [1.807, 2.05) is 60.7 Å². The fourth-order valence-corrected chi connectivity index (χ4v) is 3.08. The zero-order valence-electron chi connectivity index (χ0n) is 16.3. The van der Waals surface area contributed by atoms with Gasteiger partial charge >= 0.3 is 0 Å². The van der Waals surface area contributed by atoms with E-state index in [-0.39, 0.29) is 5.78 Å². The van der Waals surface area contributed by atoms with Crippen molar-refractivity contribution in [3.05, 3.63) is 60.7 Å². The number of ketones is 1. The number of hydrogen-bond donors (Lipinski definition) is 0. The first kappa shape index (κ1) is 21.0. The van der Waals surface area contributed by atoms with Crippen molar-refractivity contribution in [1.29, 1.82) is 0 Å². The molecule has 0 aliphatic carbocycles. The molecule has 27 heavy (non-hydrogen) atoms. The van der Waals surface area contributed by atoms with Crippen LogP contribution in [0.1, 0.15) is 40.0 Å². The predicted octanol–water partition coefficient (Wildman–Crippen LogP) is 6.89. The van der Waals surface area contributed by atoms with Gasteiger partial charge in [0.25, 0.3) is 5.22 Å². The molecule has 1 heterocycles. The summed E-state index contributed by atoms with van der Waals surface area (Å²) in [6, 6.07) is 19.8. The molecular formula is C23H27NO2S. The Morgan fingerprint density at radius 1 is 0.926 bits per heavy atom. The number of rotatable bonds is 7. The lowest BCUT2D eigenvalue weighted by Crippen LogP contribution is -1.92. The summed E-state index contributed by atoms with van der Waals surface area (Å²) in [5.74, 6) is 1.20. The zero-order chi connectivity index (χ0) is 19.5. The highest BCUT2D eigenvalue weighted by atomic mass is 32.2. The fraction of sp³-hybridized carbons (Fsp3) is 0.304. The number of benzene rings is 2. The van der Waals surface area contributed by atoms with E-state index in [1.165, 1.54) is 31.0 Å². The van der Waals surface area contributed by atoms with Gasteiger partial charge in [-0.1, -0.05) is 106 Å². The lowest BCUT2D eigenvalue weighted by molar-refractivity contribution is -0.114. The van der Waals surface area contributed by atoms with Crippen LogP contribution in [0.5, 0.6) is 0 Å². The summed E-state index contributed by atoms with van der Waals surface area (Å²) in [5.41, 5.74) is 2.78. The summed E-state index contributed by atoms with van der Waals surface area (Å²) < 4.78 is 5.91. The minimum atomic E-state index is 0.103. The number of unbranched alkanes of at least 4 members (excludes halogenated alkanes) is 2. The van der Waals surface area contributed by atoms with Gasteiger partial charge in [-0.25, -0.2) is 4.98 Å². The number of carbonyl (C=O) groups is 1. The number of thioether (sulfide) groups is 1. The molecule has 0 saturated heterocycles. The van der Waals surface area contributed by atoms with Gasteiger partial charge in [-0.3, -0.25) is 4.79 Å². The topological polar surface area (TPSA) is 43.1 Å². The smallest absolute Gasteiger partial charge is 0.257 e. The summed E-state index contributed by atoms with van der Waals surface area (Å²) in [4.78, 5) is 15.7. The molecular weight excluding hydrogens is 354 g/mol. The number of oxazole rings is 1. The SMILES string of the molecule is CC(=O)CSc1nc(-c2ccccc2)c(-c2ccccc2)o1.CCCCC. The lowest BCUT2D eigenvalue weighted by atomic mass is 10.1. The van der Waals surface area contributed by atoms with Gasteiger partial charge in [0, 0.05) is 11.1 Å². The van der Waals surface area contributed by atoms with Gasteiger partial charge in [0.1, 0.15) is 11.5 Å². The van der Waals surface area contributed by atoms with Gasteiger partial charge in [-0.2, -0.15) is 0 Å². The molecule has 0 fully saturated rings. The van der Waals surface area contributed by atoms with Crippen molar-refractivity contribution in [2.45, 2.75) is 45.3 Å². The van der Waals surface area contributed by atoms with Crippen LogP contribution in [-0.4, -0.2) is 16.5 Å². The van der Waals surface area contributed by atoms with Gasteiger partial charge in [0.2, 0.25) is 0 Å². The first-order valence-corrected chi connectivity index (χ1v) is 10.4. The van der Waals surface area contributed by atoms with Crippen molar-refractivity contribution in [2.24, 2.45) is 0 Å². The summed E-state index contributed by atoms with van der Waals surface area (Å²) in [7, 11) is 0. The van der Waals surface area contributed by atoms with Crippen molar-refractivity contribution < 1.29 is 9.21 Å². The van der Waals surface area contributed by atoms with E-state index in [9.17, 15) is 4.79 Å². The molecule has 0 atom stereocenters. The molecule has 0 radical (unpaired) electrons. The Morgan fingerprint density at radius 3 is 1.96 bits per heavy atom. The standard InChI is InChI=1S/C18H15NO2S.C5H12/c1-13(20)12-22-18-19-16(14-8-4-2-5-9-14)17(21-18)15-10-6-3-7-11-15;1-3-5-4-2/h2-11H,12H2,1H3;3-5H2,1-2H3. The van der Waals surface area contributed by atoms with Crippen molar-refractivity contribution >= 4 is 17.5 Å². The molecule has 142 valence electrons. The summed E-state index contributed by atoms with van der Waals surface area (Å²) in [6.07, 6.45) is 4.08. The average molecular weight is 382 g/mol. The Morgan fingerprint density at radius 2 is 1.48 bits per heavy atom. The average Bonchev–Trinajstić information content (AvgIpc) is 3.13. The molecule has 3 aromatic rings. The third-order valence-electron chi connectivity index (χ3n) is 3.80. The zero-order valence-corrected chi connectivity index (χ0v) is 17.1. The molecule has 4 heteroatoms. The van der Waals surface area contributed by atoms with Crippen LogP contribution in [0.4, 0.5) is 0 Å². The van der Waals surface area contributed by atoms with E-state index in [1.54, 1.807) is 6.92 Å². The molecule has 3 rings (SSSR count). The van der Waals surface area contributed by atoms with Crippen molar-refractivity contribution in [1.82, 2.24) is 4.98 Å². The Kier molecular flexibility index (Phi) is 8.85. The van der Waals surface area contributed by atoms with E-state index in [2.05, 4.69) is 18.8 Å². The molecule has 1 aromatic heterocycles. The van der Waals surface area contributed by atoms with E-state index >= 15 is 0 Å². The van der Waals surface area contributed by atoms with Gasteiger partial charge in [0.15, 0.2) is 5.76 Å². The lowest BCUT2D eigenvalue weighted by Gasteiger charge is -2.00. The Bertz CT molecular complexity index is 754. The summed E-state index contributed by atoms with van der Waals surface area (Å²) in [6.45, 7) is 5.99. The highest BCUT2D eigenvalue weighted by Gasteiger charge is 2.17. The summed E-state index contributed by atoms with van der Waals surface area (Å²) in [5, 5.41) is 0.521. The van der Waals surface area contributed by atoms with Gasteiger partial charge in [-0.15, -0.1) is 0 Å². The van der Waals surface area contributed by atoms with Crippen LogP contribution in [-0.2, 0) is 4.79 Å². The fourth-order valence-electron chi connectivity index (χ4n) is 2.46. The van der Waals surface area contributed by atoms with Crippen LogP contribution < -0.4 is 0 Å². The normalized spacial score (nSPS) is 10.2. The van der Waals surface area contributed by atoms with Crippen LogP contribution in [0.15, 0.2) is 70.3 Å². The van der Waals surface area contributed by atoms with E-state index in [4.69, 9.17) is 4.42 Å². The molecule has 0 aliphatic rings. The van der Waals surface area contributed by atoms with E-state index < -0.39 is 0 Å². The Labute approximate surface area is 166 Å². The van der Waals surface area contributed by atoms with Gasteiger partial charge in [-0.05, 0) is 6.92 Å². The second-order valence-corrected chi connectivity index (χ2v) is 7.16. The highest BCUT2D eigenvalue weighted by molar-refractivity contribution is 7.99. The number of aromatic nitrogens is 1. The summed E-state index contributed by atoms with van der Waals surface area (Å²) >= 11 is 1.33. The number of carbonyl (C=O) groups excluding carboxylic acids is 1. The Balaban J connectivity index is 0.000000465. The maximum absolute atomic E-state index is 11.2. The monoisotopic (exact) mass is 381 g/mol. The number of Topliss-reactive ketones (excluding diaryl/α,β-unsaturated/α-hetero) is 1. The predicted molar refractivity (Wildman–Crippen MR) is 114 cm³/mol. The molecule has 0 amide bonds. The highest BCUT2D eigenvalue weighted by Crippen LogP contribution is 2.35. The third-order valence-corrected chi connectivity index (χ3v) is 4.77. The molecule has 0 bridgehead atoms. The third kappa shape index (κ3) is 6.72. The van der Waals surface area contributed by atoms with Crippen LogP contribution in [0.2, 0.25) is 0 Å². The van der Waals surface area contributed by atoms with Crippen molar-refractivity contribution in [3.63, 3.8) is 0 Å². The van der Waals surface area contributed by atoms with Crippen molar-refractivity contribution in [3.8, 4) is 22.6 Å². The quantitative estimate of drug-likeness (QED) is 0.418. The first-order valence-electron chi connectivity index (χ1n) is 9.39. The second-order valence-electron chi connectivity index (χ2n) is 6.23. The minimum Gasteiger partial charge on any atom is -0.431 e. The Hall–Kier alpha value is -2.33.